The summed E-state index contributed by atoms with van der Waals surface area (Å²) in [5, 5.41) is 4.72. The lowest BCUT2D eigenvalue weighted by Crippen LogP contribution is -1.96. The fraction of sp³-hybridized carbons (Fsp3) is 0.0909. The second kappa shape index (κ2) is 4.58. The summed E-state index contributed by atoms with van der Waals surface area (Å²) in [5.74, 6) is 1.01. The minimum absolute atomic E-state index is 0.200. The summed E-state index contributed by atoms with van der Waals surface area (Å²) in [6.45, 7) is 0.200. The molecule has 3 aromatic rings. The van der Waals surface area contributed by atoms with Crippen LogP contribution in [0.2, 0.25) is 5.15 Å². The van der Waals surface area contributed by atoms with E-state index in [0.29, 0.717) is 22.3 Å². The molecule has 18 heavy (non-hydrogen) atoms. The molecule has 3 aromatic heterocycles. The predicted molar refractivity (Wildman–Crippen MR) is 63.2 cm³/mol. The van der Waals surface area contributed by atoms with Gasteiger partial charge in [0.15, 0.2) is 18.1 Å². The van der Waals surface area contributed by atoms with Crippen LogP contribution in [0, 0.1) is 0 Å². The monoisotopic (exact) mass is 262 g/mol. The van der Waals surface area contributed by atoms with E-state index in [1.165, 1.54) is 6.33 Å². The molecule has 3 heterocycles. The van der Waals surface area contributed by atoms with Crippen molar-refractivity contribution in [2.75, 3.05) is 0 Å². The molecule has 0 unspecified atom stereocenters. The normalized spacial score (nSPS) is 10.7. The van der Waals surface area contributed by atoms with Gasteiger partial charge in [0.1, 0.15) is 11.3 Å². The second-order valence-corrected chi connectivity index (χ2v) is 3.83. The zero-order valence-corrected chi connectivity index (χ0v) is 9.83. The van der Waals surface area contributed by atoms with Crippen molar-refractivity contribution in [3.8, 4) is 5.75 Å². The first-order chi connectivity index (χ1) is 8.83. The standard InChI is InChI=1S/C11H7ClN4O2/c12-11-10-7(1-2-13-11)3-8(4-14-10)17-5-9-15-6-16-18-9/h1-4,6H,5H2. The van der Waals surface area contributed by atoms with Gasteiger partial charge in [-0.1, -0.05) is 16.8 Å². The summed E-state index contributed by atoms with van der Waals surface area (Å²) >= 11 is 5.92. The Morgan fingerprint density at radius 2 is 2.22 bits per heavy atom. The molecule has 0 radical (unpaired) electrons. The van der Waals surface area contributed by atoms with Gasteiger partial charge in [0.05, 0.1) is 6.20 Å². The Balaban J connectivity index is 1.85. The Morgan fingerprint density at radius 3 is 3.06 bits per heavy atom. The summed E-state index contributed by atoms with van der Waals surface area (Å²) in [5.41, 5.74) is 0.643. The molecule has 0 bridgehead atoms. The number of pyridine rings is 2. The number of nitrogens with zero attached hydrogens (tertiary/aromatic N) is 4. The molecule has 0 atom stereocenters. The van der Waals surface area contributed by atoms with Gasteiger partial charge in [-0.2, -0.15) is 4.98 Å². The molecule has 0 spiro atoms. The minimum Gasteiger partial charge on any atom is -0.482 e. The third-order valence-electron chi connectivity index (χ3n) is 2.30. The van der Waals surface area contributed by atoms with Crippen LogP contribution in [0.5, 0.6) is 5.75 Å². The minimum atomic E-state index is 0.200. The molecule has 0 aromatic carbocycles. The Kier molecular flexibility index (Phi) is 2.77. The van der Waals surface area contributed by atoms with Crippen LogP contribution < -0.4 is 4.74 Å². The van der Waals surface area contributed by atoms with Gasteiger partial charge < -0.3 is 9.26 Å². The Bertz CT molecular complexity index is 672. The van der Waals surface area contributed by atoms with E-state index in [9.17, 15) is 0 Å². The van der Waals surface area contributed by atoms with E-state index in [-0.39, 0.29) is 6.61 Å². The second-order valence-electron chi connectivity index (χ2n) is 3.47. The van der Waals surface area contributed by atoms with Crippen molar-refractivity contribution in [1.29, 1.82) is 0 Å². The molecule has 0 aliphatic rings. The molecule has 0 amide bonds. The molecule has 0 aliphatic carbocycles. The van der Waals surface area contributed by atoms with Gasteiger partial charge in [-0.15, -0.1) is 0 Å². The highest BCUT2D eigenvalue weighted by molar-refractivity contribution is 6.33. The van der Waals surface area contributed by atoms with Crippen molar-refractivity contribution in [3.63, 3.8) is 0 Å². The molecule has 0 aliphatic heterocycles. The third-order valence-corrected chi connectivity index (χ3v) is 2.58. The van der Waals surface area contributed by atoms with Gasteiger partial charge in [-0.25, -0.2) is 9.97 Å². The summed E-state index contributed by atoms with van der Waals surface area (Å²) in [4.78, 5) is 12.0. The number of hydrogen-bond acceptors (Lipinski definition) is 6. The maximum Gasteiger partial charge on any atom is 0.264 e. The van der Waals surface area contributed by atoms with Crippen LogP contribution in [0.25, 0.3) is 10.9 Å². The molecule has 3 rings (SSSR count). The molecule has 0 saturated heterocycles. The van der Waals surface area contributed by atoms with E-state index in [1.54, 1.807) is 12.4 Å². The zero-order chi connectivity index (χ0) is 12.4. The van der Waals surface area contributed by atoms with Crippen molar-refractivity contribution in [3.05, 3.63) is 41.9 Å². The zero-order valence-electron chi connectivity index (χ0n) is 9.08. The van der Waals surface area contributed by atoms with E-state index < -0.39 is 0 Å². The van der Waals surface area contributed by atoms with Crippen LogP contribution in [-0.2, 0) is 6.61 Å². The average molecular weight is 263 g/mol. The summed E-state index contributed by atoms with van der Waals surface area (Å²) in [6.07, 6.45) is 4.52. The fourth-order valence-electron chi connectivity index (χ4n) is 1.49. The number of ether oxygens (including phenoxy) is 1. The molecule has 90 valence electrons. The van der Waals surface area contributed by atoms with Crippen molar-refractivity contribution in [1.82, 2.24) is 20.1 Å². The van der Waals surface area contributed by atoms with Gasteiger partial charge in [-0.3, -0.25) is 0 Å². The first-order valence-corrected chi connectivity index (χ1v) is 5.49. The maximum absolute atomic E-state index is 5.92. The van der Waals surface area contributed by atoms with Crippen molar-refractivity contribution in [2.24, 2.45) is 0 Å². The van der Waals surface area contributed by atoms with Crippen LogP contribution in [0.4, 0.5) is 0 Å². The molecule has 0 fully saturated rings. The smallest absolute Gasteiger partial charge is 0.264 e. The topological polar surface area (TPSA) is 73.9 Å². The lowest BCUT2D eigenvalue weighted by Gasteiger charge is -2.04. The number of hydrogen-bond donors (Lipinski definition) is 0. The van der Waals surface area contributed by atoms with Gasteiger partial charge in [-0.05, 0) is 12.1 Å². The van der Waals surface area contributed by atoms with Crippen molar-refractivity contribution in [2.45, 2.75) is 6.61 Å². The molecule has 0 N–H and O–H groups in total. The van der Waals surface area contributed by atoms with Gasteiger partial charge in [0.25, 0.3) is 5.89 Å². The van der Waals surface area contributed by atoms with Crippen LogP contribution in [-0.4, -0.2) is 20.1 Å². The Hall–Kier alpha value is -2.21. The summed E-state index contributed by atoms with van der Waals surface area (Å²) < 4.78 is 10.3. The van der Waals surface area contributed by atoms with E-state index in [1.807, 2.05) is 12.1 Å². The maximum atomic E-state index is 5.92. The number of halogens is 1. The molecular weight excluding hydrogens is 256 g/mol. The van der Waals surface area contributed by atoms with E-state index in [0.717, 1.165) is 5.39 Å². The predicted octanol–water partition coefficient (Wildman–Crippen LogP) is 2.25. The van der Waals surface area contributed by atoms with Crippen molar-refractivity contribution < 1.29 is 9.26 Å². The van der Waals surface area contributed by atoms with E-state index in [2.05, 4.69) is 20.1 Å². The quantitative estimate of drug-likeness (QED) is 0.674. The molecule has 6 nitrogen and oxygen atoms in total. The number of fused-ring (bicyclic) bond motifs is 1. The highest BCUT2D eigenvalue weighted by atomic mass is 35.5. The van der Waals surface area contributed by atoms with Gasteiger partial charge >= 0.3 is 0 Å². The van der Waals surface area contributed by atoms with Crippen LogP contribution in [0.15, 0.2) is 35.4 Å². The van der Waals surface area contributed by atoms with E-state index >= 15 is 0 Å². The summed E-state index contributed by atoms with van der Waals surface area (Å²) in [7, 11) is 0. The van der Waals surface area contributed by atoms with E-state index in [4.69, 9.17) is 20.9 Å². The molecule has 0 saturated carbocycles. The molecular formula is C11H7ClN4O2. The molecule has 7 heteroatoms. The lowest BCUT2D eigenvalue weighted by molar-refractivity contribution is 0.242. The van der Waals surface area contributed by atoms with Crippen LogP contribution >= 0.6 is 11.6 Å². The SMILES string of the molecule is Clc1nccc2cc(OCc3ncno3)cnc12. The van der Waals surface area contributed by atoms with Gasteiger partial charge in [0.2, 0.25) is 0 Å². The highest BCUT2D eigenvalue weighted by Gasteiger charge is 2.05. The largest absolute Gasteiger partial charge is 0.482 e. The average Bonchev–Trinajstić information content (AvgIpc) is 2.90. The Morgan fingerprint density at radius 1 is 1.28 bits per heavy atom. The van der Waals surface area contributed by atoms with Gasteiger partial charge in [0, 0.05) is 11.6 Å². The van der Waals surface area contributed by atoms with Crippen molar-refractivity contribution >= 4 is 22.5 Å². The first-order valence-electron chi connectivity index (χ1n) is 5.11. The Labute approximate surface area is 107 Å². The number of aromatic nitrogens is 4. The third kappa shape index (κ3) is 2.10. The summed E-state index contributed by atoms with van der Waals surface area (Å²) in [6, 6.07) is 3.64. The number of rotatable bonds is 3. The van der Waals surface area contributed by atoms with Crippen LogP contribution in [0.3, 0.4) is 0 Å². The van der Waals surface area contributed by atoms with Crippen LogP contribution in [0.1, 0.15) is 5.89 Å². The fourth-order valence-corrected chi connectivity index (χ4v) is 1.70. The highest BCUT2D eigenvalue weighted by Crippen LogP contribution is 2.22. The first kappa shape index (κ1) is 10.9. The lowest BCUT2D eigenvalue weighted by atomic mass is 10.2.